The number of benzene rings is 3. The van der Waals surface area contributed by atoms with E-state index in [1.807, 2.05) is 41.3 Å². The van der Waals surface area contributed by atoms with Crippen LogP contribution in [0, 0.1) is 0 Å². The molecule has 1 aromatic heterocycles. The number of tetrazole rings is 1. The summed E-state index contributed by atoms with van der Waals surface area (Å²) in [6.45, 7) is 3.46. The molecular weight excluding hydrogens is 504 g/mol. The van der Waals surface area contributed by atoms with E-state index >= 15 is 0 Å². The Morgan fingerprint density at radius 3 is 2.45 bits per heavy atom. The molecule has 1 unspecified atom stereocenters. The number of aromatic amines is 1. The van der Waals surface area contributed by atoms with E-state index in [2.05, 4.69) is 86.0 Å². The fourth-order valence-corrected chi connectivity index (χ4v) is 5.20. The highest BCUT2D eigenvalue weighted by Gasteiger charge is 2.37. The second-order valence-electron chi connectivity index (χ2n) is 9.68. The number of amidine groups is 1. The van der Waals surface area contributed by atoms with Gasteiger partial charge in [-0.2, -0.15) is 5.21 Å². The van der Waals surface area contributed by atoms with E-state index in [4.69, 9.17) is 9.73 Å². The quantitative estimate of drug-likeness (QED) is 0.334. The van der Waals surface area contributed by atoms with Crippen LogP contribution in [0.3, 0.4) is 0 Å². The van der Waals surface area contributed by atoms with Gasteiger partial charge in [-0.3, -0.25) is 4.79 Å². The zero-order valence-electron chi connectivity index (χ0n) is 22.4. The lowest BCUT2D eigenvalue weighted by Crippen LogP contribution is -2.48. The maximum Gasteiger partial charge on any atom is 0.325 e. The first kappa shape index (κ1) is 25.3. The molecule has 0 amide bonds. The van der Waals surface area contributed by atoms with E-state index in [0.29, 0.717) is 19.0 Å². The summed E-state index contributed by atoms with van der Waals surface area (Å²) in [4.78, 5) is 23.8. The van der Waals surface area contributed by atoms with Crippen molar-refractivity contribution in [3.8, 4) is 22.5 Å². The lowest BCUT2D eigenvalue weighted by molar-refractivity contribution is -0.141. The first-order chi connectivity index (χ1) is 19.6. The van der Waals surface area contributed by atoms with Crippen LogP contribution in [0.2, 0.25) is 0 Å². The van der Waals surface area contributed by atoms with Crippen LogP contribution in [0.25, 0.3) is 22.5 Å². The second-order valence-corrected chi connectivity index (χ2v) is 9.68. The van der Waals surface area contributed by atoms with Crippen LogP contribution in [0.4, 0.5) is 5.69 Å². The molecule has 0 fully saturated rings. The van der Waals surface area contributed by atoms with Crippen LogP contribution in [-0.2, 0) is 16.1 Å². The van der Waals surface area contributed by atoms with E-state index in [1.54, 1.807) is 0 Å². The maximum absolute atomic E-state index is 12.3. The highest BCUT2D eigenvalue weighted by atomic mass is 16.5. The lowest BCUT2D eigenvalue weighted by Gasteiger charge is -2.37. The minimum atomic E-state index is -0.292. The Kier molecular flexibility index (Phi) is 6.96. The van der Waals surface area contributed by atoms with Gasteiger partial charge in [0.05, 0.1) is 19.5 Å². The van der Waals surface area contributed by atoms with Gasteiger partial charge in [0, 0.05) is 24.0 Å². The molecule has 2 aliphatic rings. The first-order valence-electron chi connectivity index (χ1n) is 13.3. The number of esters is 1. The molecule has 2 aliphatic heterocycles. The number of ether oxygens (including phenoxy) is 1. The highest BCUT2D eigenvalue weighted by molar-refractivity contribution is 6.02. The van der Waals surface area contributed by atoms with Crippen molar-refractivity contribution in [3.63, 3.8) is 0 Å². The third kappa shape index (κ3) is 4.91. The van der Waals surface area contributed by atoms with Gasteiger partial charge in [0.2, 0.25) is 5.82 Å². The summed E-state index contributed by atoms with van der Waals surface area (Å²) < 4.78 is 5.00. The monoisotopic (exact) mass is 534 g/mol. The van der Waals surface area contributed by atoms with Gasteiger partial charge in [0.15, 0.2) is 5.84 Å². The standard InChI is InChI=1S/C30H30N8O2/c1-3-27-31-30-26(18-36(23-9-5-4-6-10-23)20-37(30)19-28(39)40-2)38(27)17-21-13-15-22(16-14-21)24-11-7-8-12-25(24)29-32-34-35-33-29/h4-16,18,27H,3,17,19-20H2,1-2H3,(H,32,33,34,35). The second kappa shape index (κ2) is 11.0. The lowest BCUT2D eigenvalue weighted by atomic mass is 9.98. The molecule has 0 bridgehead atoms. The molecular formula is C30H30N8O2. The predicted molar refractivity (Wildman–Crippen MR) is 153 cm³/mol. The number of H-pyrrole nitrogens is 1. The molecule has 4 aromatic rings. The summed E-state index contributed by atoms with van der Waals surface area (Å²) in [5, 5.41) is 14.6. The summed E-state index contributed by atoms with van der Waals surface area (Å²) in [6, 6.07) is 26.8. The van der Waals surface area contributed by atoms with Gasteiger partial charge in [0.1, 0.15) is 12.7 Å². The number of para-hydroxylation sites is 1. The number of rotatable bonds is 8. The van der Waals surface area contributed by atoms with Gasteiger partial charge in [0.25, 0.3) is 0 Å². The molecule has 10 heteroatoms. The zero-order valence-corrected chi connectivity index (χ0v) is 22.4. The van der Waals surface area contributed by atoms with Gasteiger partial charge >= 0.3 is 5.97 Å². The van der Waals surface area contributed by atoms with E-state index in [-0.39, 0.29) is 18.7 Å². The summed E-state index contributed by atoms with van der Waals surface area (Å²) in [5.41, 5.74) is 6.25. The molecule has 40 heavy (non-hydrogen) atoms. The molecule has 3 heterocycles. The van der Waals surface area contributed by atoms with Crippen molar-refractivity contribution in [3.05, 3.63) is 96.3 Å². The van der Waals surface area contributed by atoms with Crippen molar-refractivity contribution in [2.75, 3.05) is 25.2 Å². The fraction of sp³-hybridized carbons (Fsp3) is 0.233. The first-order valence-corrected chi connectivity index (χ1v) is 13.3. The average Bonchev–Trinajstić information content (AvgIpc) is 3.67. The van der Waals surface area contributed by atoms with Crippen molar-refractivity contribution >= 4 is 17.5 Å². The number of carbonyl (C=O) groups is 1. The van der Waals surface area contributed by atoms with E-state index in [1.165, 1.54) is 7.11 Å². The smallest absolute Gasteiger partial charge is 0.325 e. The van der Waals surface area contributed by atoms with Gasteiger partial charge in [-0.15, -0.1) is 10.2 Å². The minimum Gasteiger partial charge on any atom is -0.468 e. The molecule has 3 aromatic carbocycles. The van der Waals surface area contributed by atoms with Crippen LogP contribution >= 0.6 is 0 Å². The van der Waals surface area contributed by atoms with Gasteiger partial charge in [-0.05, 0) is 40.5 Å². The summed E-state index contributed by atoms with van der Waals surface area (Å²) in [7, 11) is 1.42. The van der Waals surface area contributed by atoms with E-state index in [9.17, 15) is 4.79 Å². The number of nitrogens with one attached hydrogen (secondary N) is 1. The van der Waals surface area contributed by atoms with E-state index < -0.39 is 0 Å². The highest BCUT2D eigenvalue weighted by Crippen LogP contribution is 2.33. The molecule has 0 spiro atoms. The summed E-state index contributed by atoms with van der Waals surface area (Å²) in [6.07, 6.45) is 2.96. The van der Waals surface area contributed by atoms with Crippen molar-refractivity contribution in [2.45, 2.75) is 26.1 Å². The minimum absolute atomic E-state index is 0.0317. The van der Waals surface area contributed by atoms with Crippen molar-refractivity contribution < 1.29 is 9.53 Å². The fourth-order valence-electron chi connectivity index (χ4n) is 5.20. The van der Waals surface area contributed by atoms with Crippen LogP contribution in [0.15, 0.2) is 95.8 Å². The molecule has 0 saturated carbocycles. The molecule has 10 nitrogen and oxygen atoms in total. The number of carbonyl (C=O) groups excluding carboxylic acids is 1. The van der Waals surface area contributed by atoms with Crippen LogP contribution < -0.4 is 4.90 Å². The number of hydrogen-bond donors (Lipinski definition) is 1. The van der Waals surface area contributed by atoms with Gasteiger partial charge in [-0.25, -0.2) is 4.99 Å². The Balaban J connectivity index is 1.29. The summed E-state index contributed by atoms with van der Waals surface area (Å²) in [5.74, 6) is 1.10. The van der Waals surface area contributed by atoms with Crippen molar-refractivity contribution in [1.82, 2.24) is 30.4 Å². The third-order valence-electron chi connectivity index (χ3n) is 7.20. The molecule has 6 rings (SSSR count). The Bertz CT molecular complexity index is 1530. The number of nitrogens with zero attached hydrogens (tertiary/aromatic N) is 7. The molecule has 0 radical (unpaired) electrons. The van der Waals surface area contributed by atoms with Crippen LogP contribution in [0.1, 0.15) is 18.9 Å². The average molecular weight is 535 g/mol. The summed E-state index contributed by atoms with van der Waals surface area (Å²) >= 11 is 0. The predicted octanol–water partition coefficient (Wildman–Crippen LogP) is 4.28. The Morgan fingerprint density at radius 1 is 1.00 bits per heavy atom. The third-order valence-corrected chi connectivity index (χ3v) is 7.20. The number of anilines is 1. The van der Waals surface area contributed by atoms with Crippen LogP contribution in [-0.4, -0.2) is 68.7 Å². The normalized spacial score (nSPS) is 16.4. The van der Waals surface area contributed by atoms with Crippen molar-refractivity contribution in [2.24, 2.45) is 4.99 Å². The molecule has 0 aliphatic carbocycles. The Hall–Kier alpha value is -4.99. The molecule has 1 atom stereocenters. The number of methoxy groups -OCH3 is 1. The van der Waals surface area contributed by atoms with Gasteiger partial charge < -0.3 is 19.4 Å². The zero-order chi connectivity index (χ0) is 27.5. The van der Waals surface area contributed by atoms with Crippen LogP contribution in [0.5, 0.6) is 0 Å². The van der Waals surface area contributed by atoms with Crippen molar-refractivity contribution in [1.29, 1.82) is 0 Å². The maximum atomic E-state index is 12.3. The van der Waals surface area contributed by atoms with Gasteiger partial charge in [-0.1, -0.05) is 73.7 Å². The number of fused-ring (bicyclic) bond motifs is 1. The molecule has 0 saturated heterocycles. The molecule has 1 N–H and O–H groups in total. The molecule has 202 valence electrons. The number of aliphatic imine (C=N–C) groups is 1. The topological polar surface area (TPSA) is 103 Å². The SMILES string of the molecule is CCC1N=C2C(=CN(c3ccccc3)CN2CC(=O)OC)N1Cc1ccc(-c2ccccc2-c2nn[nH]n2)cc1. The van der Waals surface area contributed by atoms with E-state index in [0.717, 1.165) is 45.9 Å². The Morgan fingerprint density at radius 2 is 1.75 bits per heavy atom. The number of hydrogen-bond acceptors (Lipinski definition) is 9. The Labute approximate surface area is 232 Å². The number of aromatic nitrogens is 4. The largest absolute Gasteiger partial charge is 0.468 e.